The summed E-state index contributed by atoms with van der Waals surface area (Å²) >= 11 is 6.73. The number of aromatic nitrogens is 3. The van der Waals surface area contributed by atoms with Crippen LogP contribution in [0.1, 0.15) is 0 Å². The highest BCUT2D eigenvalue weighted by Gasteiger charge is 2.15. The molecule has 0 radical (unpaired) electrons. The Balaban J connectivity index is 2.01. The quantitative estimate of drug-likeness (QED) is 0.493. The van der Waals surface area contributed by atoms with E-state index in [4.69, 9.17) is 10.3 Å². The van der Waals surface area contributed by atoms with Gasteiger partial charge in [0.25, 0.3) is 5.89 Å². The fraction of sp³-hybridized carbons (Fsp3) is 0. The summed E-state index contributed by atoms with van der Waals surface area (Å²) < 4.78 is 6.78. The highest BCUT2D eigenvalue weighted by Crippen LogP contribution is 2.30. The van der Waals surface area contributed by atoms with Gasteiger partial charge in [-0.1, -0.05) is 5.16 Å². The number of pyridine rings is 1. The number of nitrogens with two attached hydrogens (primary N) is 1. The smallest absolute Gasteiger partial charge is 0.258 e. The van der Waals surface area contributed by atoms with Crippen molar-refractivity contribution in [1.82, 2.24) is 15.1 Å². The molecule has 0 saturated heterocycles. The van der Waals surface area contributed by atoms with Crippen molar-refractivity contribution in [3.63, 3.8) is 0 Å². The third kappa shape index (κ3) is 2.77. The van der Waals surface area contributed by atoms with Crippen LogP contribution in [0.15, 0.2) is 43.9 Å². The van der Waals surface area contributed by atoms with E-state index in [1.165, 1.54) is 6.07 Å². The van der Waals surface area contributed by atoms with Gasteiger partial charge in [-0.3, -0.25) is 4.98 Å². The van der Waals surface area contributed by atoms with Gasteiger partial charge in [-0.15, -0.1) is 0 Å². The molecule has 0 aliphatic heterocycles. The van der Waals surface area contributed by atoms with E-state index in [1.54, 1.807) is 18.3 Å². The van der Waals surface area contributed by atoms with Crippen molar-refractivity contribution >= 4 is 37.5 Å². The van der Waals surface area contributed by atoms with E-state index in [9.17, 15) is 5.11 Å². The van der Waals surface area contributed by atoms with E-state index < -0.39 is 0 Å². The molecule has 2 aromatic heterocycles. The Morgan fingerprint density at radius 1 is 1.19 bits per heavy atom. The van der Waals surface area contributed by atoms with Gasteiger partial charge in [-0.05, 0) is 56.1 Å². The van der Waals surface area contributed by atoms with Crippen LogP contribution in [0.2, 0.25) is 0 Å². The van der Waals surface area contributed by atoms with Crippen molar-refractivity contribution in [3.05, 3.63) is 39.4 Å². The first-order chi connectivity index (χ1) is 10.0. The average Bonchev–Trinajstić information content (AvgIpc) is 2.91. The maximum Gasteiger partial charge on any atom is 0.258 e. The molecule has 2 heterocycles. The SMILES string of the molecule is Nc1ccc(-c2nc(-c3ncc(Br)cc3Br)no2)cc1O. The lowest BCUT2D eigenvalue weighted by Crippen LogP contribution is -1.88. The number of hydrogen-bond donors (Lipinski definition) is 2. The molecule has 21 heavy (non-hydrogen) atoms. The Hall–Kier alpha value is -1.93. The second-order valence-electron chi connectivity index (χ2n) is 4.18. The first-order valence-corrected chi connectivity index (χ1v) is 7.37. The zero-order chi connectivity index (χ0) is 15.0. The molecule has 0 saturated carbocycles. The number of nitrogen functional groups attached to an aromatic ring is 1. The van der Waals surface area contributed by atoms with Crippen molar-refractivity contribution in [2.45, 2.75) is 0 Å². The minimum atomic E-state index is -0.0322. The normalized spacial score (nSPS) is 10.8. The summed E-state index contributed by atoms with van der Waals surface area (Å²) in [6.45, 7) is 0. The van der Waals surface area contributed by atoms with Crippen molar-refractivity contribution in [2.75, 3.05) is 5.73 Å². The number of nitrogens with zero attached hydrogens (tertiary/aromatic N) is 3. The molecular formula is C13H8Br2N4O2. The van der Waals surface area contributed by atoms with E-state index in [1.807, 2.05) is 6.07 Å². The molecule has 0 spiro atoms. The number of phenols is 1. The fourth-order valence-corrected chi connectivity index (χ4v) is 2.86. The van der Waals surface area contributed by atoms with Crippen LogP contribution in [0.4, 0.5) is 5.69 Å². The number of benzene rings is 1. The van der Waals surface area contributed by atoms with Crippen LogP contribution in [0.3, 0.4) is 0 Å². The Morgan fingerprint density at radius 3 is 2.71 bits per heavy atom. The lowest BCUT2D eigenvalue weighted by Gasteiger charge is -1.99. The molecule has 0 fully saturated rings. The fourth-order valence-electron chi connectivity index (χ4n) is 1.69. The van der Waals surface area contributed by atoms with Gasteiger partial charge in [-0.2, -0.15) is 4.98 Å². The predicted octanol–water partition coefficient (Wildman–Crippen LogP) is 3.61. The third-order valence-corrected chi connectivity index (χ3v) is 3.76. The zero-order valence-electron chi connectivity index (χ0n) is 10.4. The van der Waals surface area contributed by atoms with Gasteiger partial charge >= 0.3 is 0 Å². The highest BCUT2D eigenvalue weighted by molar-refractivity contribution is 9.11. The standard InChI is InChI=1S/C13H8Br2N4O2/c14-7-4-8(15)11(17-5-7)12-18-13(21-19-12)6-1-2-9(16)10(20)3-6/h1-5,20H,16H2. The van der Waals surface area contributed by atoms with Crippen molar-refractivity contribution in [2.24, 2.45) is 0 Å². The minimum Gasteiger partial charge on any atom is -0.506 e. The van der Waals surface area contributed by atoms with E-state index in [2.05, 4.69) is 47.0 Å². The molecule has 8 heteroatoms. The minimum absolute atomic E-state index is 0.0322. The van der Waals surface area contributed by atoms with Crippen LogP contribution in [0.25, 0.3) is 23.0 Å². The summed E-state index contributed by atoms with van der Waals surface area (Å²) in [4.78, 5) is 8.51. The van der Waals surface area contributed by atoms with Gasteiger partial charge in [0.2, 0.25) is 5.82 Å². The number of anilines is 1. The Morgan fingerprint density at radius 2 is 2.00 bits per heavy atom. The number of hydrogen-bond acceptors (Lipinski definition) is 6. The van der Waals surface area contributed by atoms with Gasteiger partial charge < -0.3 is 15.4 Å². The topological polar surface area (TPSA) is 98.1 Å². The van der Waals surface area contributed by atoms with Gasteiger partial charge in [0.05, 0.1) is 5.69 Å². The monoisotopic (exact) mass is 410 g/mol. The van der Waals surface area contributed by atoms with Crippen LogP contribution in [-0.4, -0.2) is 20.2 Å². The molecule has 6 nitrogen and oxygen atoms in total. The van der Waals surface area contributed by atoms with Crippen LogP contribution in [-0.2, 0) is 0 Å². The number of aromatic hydroxyl groups is 1. The maximum atomic E-state index is 9.62. The summed E-state index contributed by atoms with van der Waals surface area (Å²) in [5.74, 6) is 0.591. The third-order valence-electron chi connectivity index (χ3n) is 2.72. The van der Waals surface area contributed by atoms with Crippen molar-refractivity contribution in [3.8, 4) is 28.7 Å². The second kappa shape index (κ2) is 5.45. The summed E-state index contributed by atoms with van der Waals surface area (Å²) in [6, 6.07) is 6.57. The predicted molar refractivity (Wildman–Crippen MR) is 84.4 cm³/mol. The van der Waals surface area contributed by atoms with Crippen LogP contribution in [0, 0.1) is 0 Å². The number of rotatable bonds is 2. The van der Waals surface area contributed by atoms with E-state index in [-0.39, 0.29) is 17.3 Å². The van der Waals surface area contributed by atoms with Crippen LogP contribution < -0.4 is 5.73 Å². The Kier molecular flexibility index (Phi) is 3.64. The molecule has 3 rings (SSSR count). The summed E-state index contributed by atoms with van der Waals surface area (Å²) in [6.07, 6.45) is 1.64. The molecule has 106 valence electrons. The van der Waals surface area contributed by atoms with Gasteiger partial charge in [0.15, 0.2) is 0 Å². The van der Waals surface area contributed by atoms with Crippen molar-refractivity contribution < 1.29 is 9.63 Å². The Bertz CT molecular complexity index is 820. The molecule has 3 N–H and O–H groups in total. The maximum absolute atomic E-state index is 9.62. The second-order valence-corrected chi connectivity index (χ2v) is 5.95. The molecule has 0 atom stereocenters. The first-order valence-electron chi connectivity index (χ1n) is 5.78. The first kappa shape index (κ1) is 14.0. The lowest BCUT2D eigenvalue weighted by atomic mass is 10.2. The number of phenolic OH excluding ortho intramolecular Hbond substituents is 1. The van der Waals surface area contributed by atoms with E-state index in [0.717, 1.165) is 8.95 Å². The van der Waals surface area contributed by atoms with Gasteiger partial charge in [-0.25, -0.2) is 0 Å². The molecule has 0 unspecified atom stereocenters. The molecule has 0 aliphatic carbocycles. The average molecular weight is 412 g/mol. The van der Waals surface area contributed by atoms with Gasteiger partial charge in [0.1, 0.15) is 11.4 Å². The van der Waals surface area contributed by atoms with E-state index in [0.29, 0.717) is 17.1 Å². The summed E-state index contributed by atoms with van der Waals surface area (Å²) in [7, 11) is 0. The van der Waals surface area contributed by atoms with Crippen LogP contribution in [0.5, 0.6) is 5.75 Å². The molecule has 0 bridgehead atoms. The van der Waals surface area contributed by atoms with Crippen LogP contribution >= 0.6 is 31.9 Å². The largest absolute Gasteiger partial charge is 0.506 e. The number of halogens is 2. The summed E-state index contributed by atoms with van der Waals surface area (Å²) in [5.41, 5.74) is 6.99. The lowest BCUT2D eigenvalue weighted by molar-refractivity contribution is 0.431. The molecule has 0 aliphatic rings. The van der Waals surface area contributed by atoms with Gasteiger partial charge in [0, 0.05) is 20.7 Å². The molecular weight excluding hydrogens is 404 g/mol. The van der Waals surface area contributed by atoms with E-state index >= 15 is 0 Å². The highest BCUT2D eigenvalue weighted by atomic mass is 79.9. The Labute approximate surface area is 136 Å². The summed E-state index contributed by atoms with van der Waals surface area (Å²) in [5, 5.41) is 13.5. The molecule has 1 aromatic carbocycles. The molecule has 3 aromatic rings. The molecule has 0 amide bonds. The zero-order valence-corrected chi connectivity index (χ0v) is 13.6. The van der Waals surface area contributed by atoms with Crippen molar-refractivity contribution in [1.29, 1.82) is 0 Å².